The van der Waals surface area contributed by atoms with Gasteiger partial charge in [0.25, 0.3) is 0 Å². The van der Waals surface area contributed by atoms with Crippen LogP contribution in [0.25, 0.3) is 0 Å². The van der Waals surface area contributed by atoms with Gasteiger partial charge in [-0.15, -0.1) is 0 Å². The van der Waals surface area contributed by atoms with E-state index < -0.39 is 5.97 Å². The van der Waals surface area contributed by atoms with Crippen LogP contribution in [0, 0.1) is 0 Å². The number of carboxylic acid groups (broad SMARTS) is 1. The van der Waals surface area contributed by atoms with E-state index in [-0.39, 0.29) is 18.5 Å². The van der Waals surface area contributed by atoms with Gasteiger partial charge in [-0.05, 0) is 51.4 Å². The highest BCUT2D eigenvalue weighted by Gasteiger charge is 2.15. The molecule has 0 saturated heterocycles. The Balaban J connectivity index is 3.79. The number of hydrogen-bond acceptors (Lipinski definition) is 3. The second kappa shape index (κ2) is 34.2. The average molecular weight is 593 g/mol. The van der Waals surface area contributed by atoms with Crippen LogP contribution >= 0.6 is 0 Å². The fourth-order valence-electron chi connectivity index (χ4n) is 5.70. The van der Waals surface area contributed by atoms with Gasteiger partial charge < -0.3 is 9.84 Å². The largest absolute Gasteiger partial charge is 0.481 e. The summed E-state index contributed by atoms with van der Waals surface area (Å²) in [6.07, 6.45) is 40.8. The third kappa shape index (κ3) is 33.2. The van der Waals surface area contributed by atoms with E-state index in [0.29, 0.717) is 19.3 Å². The summed E-state index contributed by atoms with van der Waals surface area (Å²) in [5, 5.41) is 9.00. The molecule has 1 unspecified atom stereocenters. The number of carbonyl (C=O) groups is 2. The lowest BCUT2D eigenvalue weighted by Gasteiger charge is -2.18. The van der Waals surface area contributed by atoms with Gasteiger partial charge in [0.2, 0.25) is 0 Å². The number of aliphatic carboxylic acids is 1. The molecular formula is C38H72O4. The zero-order chi connectivity index (χ0) is 30.8. The van der Waals surface area contributed by atoms with Crippen molar-refractivity contribution < 1.29 is 19.4 Å². The van der Waals surface area contributed by atoms with E-state index in [4.69, 9.17) is 9.84 Å². The van der Waals surface area contributed by atoms with Gasteiger partial charge in [-0.3, -0.25) is 9.59 Å². The van der Waals surface area contributed by atoms with Crippen molar-refractivity contribution in [2.75, 3.05) is 0 Å². The first-order valence-corrected chi connectivity index (χ1v) is 18.7. The molecule has 0 bridgehead atoms. The fraction of sp³-hybridized carbons (Fsp3) is 0.895. The van der Waals surface area contributed by atoms with Crippen molar-refractivity contribution in [3.05, 3.63) is 12.2 Å². The van der Waals surface area contributed by atoms with Crippen LogP contribution in [-0.2, 0) is 14.3 Å². The molecule has 0 rings (SSSR count). The van der Waals surface area contributed by atoms with Gasteiger partial charge in [-0.1, -0.05) is 161 Å². The minimum atomic E-state index is -0.769. The van der Waals surface area contributed by atoms with Crippen LogP contribution in [0.15, 0.2) is 12.2 Å². The minimum Gasteiger partial charge on any atom is -0.481 e. The highest BCUT2D eigenvalue weighted by molar-refractivity contribution is 5.69. The smallest absolute Gasteiger partial charge is 0.306 e. The molecule has 0 spiro atoms. The molecule has 0 heterocycles. The van der Waals surface area contributed by atoms with Crippen molar-refractivity contribution in [3.63, 3.8) is 0 Å². The Morgan fingerprint density at radius 3 is 1.40 bits per heavy atom. The molecule has 0 fully saturated rings. The van der Waals surface area contributed by atoms with E-state index in [2.05, 4.69) is 26.0 Å². The third-order valence-corrected chi connectivity index (χ3v) is 8.49. The van der Waals surface area contributed by atoms with E-state index in [1.807, 2.05) is 0 Å². The quantitative estimate of drug-likeness (QED) is 0.0458. The predicted molar refractivity (Wildman–Crippen MR) is 181 cm³/mol. The van der Waals surface area contributed by atoms with Crippen LogP contribution in [0.3, 0.4) is 0 Å². The van der Waals surface area contributed by atoms with Gasteiger partial charge in [-0.2, -0.15) is 0 Å². The third-order valence-electron chi connectivity index (χ3n) is 8.49. The Morgan fingerprint density at radius 1 is 0.500 bits per heavy atom. The standard InChI is InChI=1S/C38H72O4/c1-3-5-7-9-11-13-15-16-17-18-19-20-22-23-25-27-29-32-36(33-31-34-37(39)40)42-38(41)35-30-28-26-24-21-14-12-10-8-6-4-2/h10,12,36H,3-9,11,13-35H2,1-2H3,(H,39,40)/b12-10-. The Bertz CT molecular complexity index is 600. The Morgan fingerprint density at radius 2 is 0.905 bits per heavy atom. The monoisotopic (exact) mass is 593 g/mol. The maximum atomic E-state index is 12.4. The van der Waals surface area contributed by atoms with E-state index >= 15 is 0 Å². The normalized spacial score (nSPS) is 12.2. The summed E-state index contributed by atoms with van der Waals surface area (Å²) in [5.74, 6) is -0.865. The van der Waals surface area contributed by atoms with Gasteiger partial charge in [0.15, 0.2) is 0 Å². The molecule has 42 heavy (non-hydrogen) atoms. The Labute approximate surface area is 262 Å². The molecule has 4 heteroatoms. The van der Waals surface area contributed by atoms with Crippen molar-refractivity contribution in [3.8, 4) is 0 Å². The van der Waals surface area contributed by atoms with Crippen LogP contribution in [-0.4, -0.2) is 23.1 Å². The fourth-order valence-corrected chi connectivity index (χ4v) is 5.70. The Kier molecular flexibility index (Phi) is 33.1. The molecule has 0 aromatic heterocycles. The van der Waals surface area contributed by atoms with Crippen molar-refractivity contribution >= 4 is 11.9 Å². The maximum Gasteiger partial charge on any atom is 0.306 e. The van der Waals surface area contributed by atoms with Crippen molar-refractivity contribution in [2.45, 2.75) is 219 Å². The van der Waals surface area contributed by atoms with E-state index in [9.17, 15) is 9.59 Å². The predicted octanol–water partition coefficient (Wildman–Crippen LogP) is 12.7. The van der Waals surface area contributed by atoms with Gasteiger partial charge >= 0.3 is 11.9 Å². The molecule has 0 aromatic carbocycles. The summed E-state index contributed by atoms with van der Waals surface area (Å²) in [6.45, 7) is 4.51. The molecular weight excluding hydrogens is 520 g/mol. The maximum absolute atomic E-state index is 12.4. The molecule has 0 aliphatic heterocycles. The van der Waals surface area contributed by atoms with Crippen molar-refractivity contribution in [1.82, 2.24) is 0 Å². The molecule has 0 saturated carbocycles. The van der Waals surface area contributed by atoms with E-state index in [1.165, 1.54) is 148 Å². The summed E-state index contributed by atoms with van der Waals surface area (Å²) in [5.41, 5.74) is 0. The topological polar surface area (TPSA) is 63.6 Å². The lowest BCUT2D eigenvalue weighted by atomic mass is 10.0. The van der Waals surface area contributed by atoms with Gasteiger partial charge in [0.1, 0.15) is 6.10 Å². The number of hydrogen-bond donors (Lipinski definition) is 1. The first-order chi connectivity index (χ1) is 20.6. The summed E-state index contributed by atoms with van der Waals surface area (Å²) in [7, 11) is 0. The second-order valence-corrected chi connectivity index (χ2v) is 12.8. The van der Waals surface area contributed by atoms with Crippen LogP contribution in [0.1, 0.15) is 213 Å². The first-order valence-electron chi connectivity index (χ1n) is 18.7. The average Bonchev–Trinajstić information content (AvgIpc) is 2.97. The zero-order valence-corrected chi connectivity index (χ0v) is 28.3. The molecule has 0 radical (unpaired) electrons. The molecule has 248 valence electrons. The van der Waals surface area contributed by atoms with Crippen LogP contribution in [0.5, 0.6) is 0 Å². The molecule has 0 amide bonds. The molecule has 1 atom stereocenters. The lowest BCUT2D eigenvalue weighted by Crippen LogP contribution is -2.18. The number of ether oxygens (including phenoxy) is 1. The highest BCUT2D eigenvalue weighted by Crippen LogP contribution is 2.18. The molecule has 0 aliphatic carbocycles. The summed E-state index contributed by atoms with van der Waals surface area (Å²) in [6, 6.07) is 0. The SMILES string of the molecule is CCCC/C=C\CCCCCCCC(=O)OC(CCCCCCCCCCCCCCCCCCC)CCCC(=O)O. The van der Waals surface area contributed by atoms with Crippen LogP contribution < -0.4 is 0 Å². The van der Waals surface area contributed by atoms with Crippen LogP contribution in [0.2, 0.25) is 0 Å². The minimum absolute atomic E-state index is 0.0962. The number of esters is 1. The molecule has 1 N–H and O–H groups in total. The molecule has 4 nitrogen and oxygen atoms in total. The number of carbonyl (C=O) groups excluding carboxylic acids is 1. The molecule has 0 aliphatic rings. The van der Waals surface area contributed by atoms with E-state index in [0.717, 1.165) is 25.7 Å². The highest BCUT2D eigenvalue weighted by atomic mass is 16.5. The first kappa shape index (κ1) is 40.7. The number of rotatable bonds is 34. The Hall–Kier alpha value is -1.32. The lowest BCUT2D eigenvalue weighted by molar-refractivity contribution is -0.150. The van der Waals surface area contributed by atoms with Crippen LogP contribution in [0.4, 0.5) is 0 Å². The summed E-state index contributed by atoms with van der Waals surface area (Å²) in [4.78, 5) is 23.4. The van der Waals surface area contributed by atoms with Crippen molar-refractivity contribution in [2.24, 2.45) is 0 Å². The number of unbranched alkanes of at least 4 members (excludes halogenated alkanes) is 23. The number of allylic oxidation sites excluding steroid dienone is 2. The second-order valence-electron chi connectivity index (χ2n) is 12.8. The van der Waals surface area contributed by atoms with Gasteiger partial charge in [-0.25, -0.2) is 0 Å². The number of carboxylic acids is 1. The van der Waals surface area contributed by atoms with Crippen molar-refractivity contribution in [1.29, 1.82) is 0 Å². The van der Waals surface area contributed by atoms with E-state index in [1.54, 1.807) is 0 Å². The van der Waals surface area contributed by atoms with Gasteiger partial charge in [0, 0.05) is 12.8 Å². The molecule has 0 aromatic rings. The summed E-state index contributed by atoms with van der Waals surface area (Å²) < 4.78 is 5.81. The van der Waals surface area contributed by atoms with Gasteiger partial charge in [0.05, 0.1) is 0 Å². The zero-order valence-electron chi connectivity index (χ0n) is 28.3. The summed E-state index contributed by atoms with van der Waals surface area (Å²) >= 11 is 0.